The number of nitrogens with zero attached hydrogens (tertiary/aromatic N) is 3. The van der Waals surface area contributed by atoms with E-state index >= 15 is 0 Å². The van der Waals surface area contributed by atoms with Crippen LogP contribution < -0.4 is 4.74 Å². The lowest BCUT2D eigenvalue weighted by atomic mass is 10.1. The quantitative estimate of drug-likeness (QED) is 0.705. The summed E-state index contributed by atoms with van der Waals surface area (Å²) in [6.07, 6.45) is 0.0383. The molecule has 1 atom stereocenters. The van der Waals surface area contributed by atoms with Crippen LogP contribution >= 0.6 is 11.6 Å². The summed E-state index contributed by atoms with van der Waals surface area (Å²) in [4.78, 5) is 19.2. The first kappa shape index (κ1) is 16.9. The van der Waals surface area contributed by atoms with E-state index in [9.17, 15) is 4.79 Å². The van der Waals surface area contributed by atoms with E-state index in [1.54, 1.807) is 18.0 Å². The molecule has 26 heavy (non-hydrogen) atoms. The Bertz CT molecular complexity index is 982. The molecule has 1 aliphatic rings. The molecular weight excluding hydrogens is 350 g/mol. The molecule has 1 aromatic heterocycles. The summed E-state index contributed by atoms with van der Waals surface area (Å²) in [7, 11) is 1.79. The lowest BCUT2D eigenvalue weighted by Crippen LogP contribution is -2.39. The molecule has 0 saturated heterocycles. The molecule has 0 radical (unpaired) electrons. The maximum Gasteiger partial charge on any atom is 0.264 e. The normalized spacial score (nSPS) is 15.7. The van der Waals surface area contributed by atoms with Crippen molar-refractivity contribution >= 4 is 28.5 Å². The van der Waals surface area contributed by atoms with Gasteiger partial charge in [0.1, 0.15) is 11.6 Å². The molecule has 2 aromatic carbocycles. The predicted octanol–water partition coefficient (Wildman–Crippen LogP) is 3.67. The third-order valence-electron chi connectivity index (χ3n) is 4.78. The van der Waals surface area contributed by atoms with Crippen molar-refractivity contribution in [2.24, 2.45) is 0 Å². The third-order valence-corrected chi connectivity index (χ3v) is 5.01. The van der Waals surface area contributed by atoms with Crippen molar-refractivity contribution in [3.63, 3.8) is 0 Å². The van der Waals surface area contributed by atoms with Crippen LogP contribution in [0.2, 0.25) is 5.02 Å². The smallest absolute Gasteiger partial charge is 0.264 e. The number of aryl methyl sites for hydroxylation is 1. The Morgan fingerprint density at radius 3 is 2.96 bits per heavy atom. The number of para-hydroxylation sites is 2. The van der Waals surface area contributed by atoms with Gasteiger partial charge in [-0.3, -0.25) is 4.79 Å². The largest absolute Gasteiger partial charge is 0.480 e. The molecule has 0 saturated carbocycles. The average Bonchev–Trinajstić information content (AvgIpc) is 3.20. The van der Waals surface area contributed by atoms with E-state index in [-0.39, 0.29) is 5.91 Å². The average molecular weight is 370 g/mol. The minimum atomic E-state index is -0.507. The van der Waals surface area contributed by atoms with Crippen LogP contribution in [0.15, 0.2) is 42.5 Å². The van der Waals surface area contributed by atoms with Gasteiger partial charge >= 0.3 is 0 Å². The number of imidazole rings is 1. The molecule has 5 nitrogen and oxygen atoms in total. The van der Waals surface area contributed by atoms with Gasteiger partial charge in [0.15, 0.2) is 6.10 Å². The molecule has 2 heterocycles. The summed E-state index contributed by atoms with van der Waals surface area (Å²) >= 11 is 6.03. The van der Waals surface area contributed by atoms with Crippen LogP contribution in [0.5, 0.6) is 5.75 Å². The highest BCUT2D eigenvalue weighted by Gasteiger charge is 2.31. The Morgan fingerprint density at radius 2 is 2.15 bits per heavy atom. The second-order valence-corrected chi connectivity index (χ2v) is 6.95. The molecule has 1 unspecified atom stereocenters. The number of hydrogen-bond acceptors (Lipinski definition) is 3. The summed E-state index contributed by atoms with van der Waals surface area (Å²) in [5, 5.41) is 0.658. The number of halogens is 1. The highest BCUT2D eigenvalue weighted by Crippen LogP contribution is 2.31. The Balaban J connectivity index is 1.52. The monoisotopic (exact) mass is 369 g/mol. The molecule has 0 N–H and O–H groups in total. The molecule has 1 aliphatic heterocycles. The fraction of sp³-hybridized carbons (Fsp3) is 0.300. The van der Waals surface area contributed by atoms with Gasteiger partial charge in [0, 0.05) is 25.0 Å². The van der Waals surface area contributed by atoms with Crippen LogP contribution in [0, 0.1) is 0 Å². The lowest BCUT2D eigenvalue weighted by molar-refractivity contribution is -0.137. The summed E-state index contributed by atoms with van der Waals surface area (Å²) in [6.45, 7) is 3.33. The summed E-state index contributed by atoms with van der Waals surface area (Å²) < 4.78 is 7.96. The maximum absolute atomic E-state index is 12.8. The standard InChI is InChI=1S/C20H20ClN3O2/c1-3-24-16-7-5-4-6-15(16)22-19(24)12-23(2)20(25)18-11-13-10-14(21)8-9-17(13)26-18/h4-10,18H,3,11-12H2,1-2H3. The SMILES string of the molecule is CCn1c(CN(C)C(=O)C2Cc3cc(Cl)ccc3O2)nc2ccccc21. The number of rotatable bonds is 4. The van der Waals surface area contributed by atoms with E-state index in [2.05, 4.69) is 17.6 Å². The molecular formula is C20H20ClN3O2. The zero-order valence-corrected chi connectivity index (χ0v) is 15.5. The Morgan fingerprint density at radius 1 is 1.35 bits per heavy atom. The minimum Gasteiger partial charge on any atom is -0.480 e. The molecule has 4 rings (SSSR count). The molecule has 134 valence electrons. The van der Waals surface area contributed by atoms with Gasteiger partial charge in [0.05, 0.1) is 17.6 Å². The maximum atomic E-state index is 12.8. The first-order valence-corrected chi connectivity index (χ1v) is 9.09. The van der Waals surface area contributed by atoms with Crippen molar-refractivity contribution in [3.05, 3.63) is 58.9 Å². The van der Waals surface area contributed by atoms with E-state index < -0.39 is 6.10 Å². The van der Waals surface area contributed by atoms with Gasteiger partial charge < -0.3 is 14.2 Å². The van der Waals surface area contributed by atoms with Crippen molar-refractivity contribution < 1.29 is 9.53 Å². The number of benzene rings is 2. The van der Waals surface area contributed by atoms with E-state index in [0.29, 0.717) is 18.0 Å². The number of likely N-dealkylation sites (N-methyl/N-ethyl adjacent to an activating group) is 1. The number of amides is 1. The predicted molar refractivity (Wildman–Crippen MR) is 101 cm³/mol. The van der Waals surface area contributed by atoms with Crippen molar-refractivity contribution in [2.45, 2.75) is 32.5 Å². The molecule has 0 aliphatic carbocycles. The first-order chi connectivity index (χ1) is 12.6. The van der Waals surface area contributed by atoms with Gasteiger partial charge in [-0.15, -0.1) is 0 Å². The van der Waals surface area contributed by atoms with Crippen molar-refractivity contribution in [3.8, 4) is 5.75 Å². The number of ether oxygens (including phenoxy) is 1. The van der Waals surface area contributed by atoms with E-state index in [0.717, 1.165) is 34.7 Å². The molecule has 6 heteroatoms. The molecule has 3 aromatic rings. The van der Waals surface area contributed by atoms with E-state index in [1.807, 2.05) is 30.3 Å². The number of hydrogen-bond donors (Lipinski definition) is 0. The topological polar surface area (TPSA) is 47.4 Å². The fourth-order valence-corrected chi connectivity index (χ4v) is 3.68. The number of carbonyl (C=O) groups excluding carboxylic acids is 1. The number of aromatic nitrogens is 2. The van der Waals surface area contributed by atoms with Crippen LogP contribution in [-0.4, -0.2) is 33.5 Å². The lowest BCUT2D eigenvalue weighted by Gasteiger charge is -2.21. The summed E-state index contributed by atoms with van der Waals surface area (Å²) in [5.41, 5.74) is 3.01. The zero-order valence-electron chi connectivity index (χ0n) is 14.8. The number of carbonyl (C=O) groups is 1. The van der Waals surface area contributed by atoms with Crippen LogP contribution in [0.4, 0.5) is 0 Å². The van der Waals surface area contributed by atoms with Crippen molar-refractivity contribution in [1.82, 2.24) is 14.5 Å². The van der Waals surface area contributed by atoms with Crippen LogP contribution in [0.25, 0.3) is 11.0 Å². The van der Waals surface area contributed by atoms with Crippen molar-refractivity contribution in [1.29, 1.82) is 0 Å². The summed E-state index contributed by atoms with van der Waals surface area (Å²) in [5.74, 6) is 1.57. The van der Waals surface area contributed by atoms with E-state index in [4.69, 9.17) is 21.3 Å². The Kier molecular flexibility index (Phi) is 4.32. The summed E-state index contributed by atoms with van der Waals surface area (Å²) in [6, 6.07) is 13.5. The van der Waals surface area contributed by atoms with Crippen LogP contribution in [-0.2, 0) is 24.3 Å². The van der Waals surface area contributed by atoms with Gasteiger partial charge in [-0.25, -0.2) is 4.98 Å². The molecule has 0 fully saturated rings. The van der Waals surface area contributed by atoms with Crippen LogP contribution in [0.1, 0.15) is 18.3 Å². The second-order valence-electron chi connectivity index (χ2n) is 6.52. The van der Waals surface area contributed by atoms with Gasteiger partial charge in [-0.05, 0) is 42.8 Å². The third kappa shape index (κ3) is 2.92. The minimum absolute atomic E-state index is 0.0490. The van der Waals surface area contributed by atoms with Gasteiger partial charge in [-0.2, -0.15) is 0 Å². The second kappa shape index (κ2) is 6.65. The fourth-order valence-electron chi connectivity index (χ4n) is 3.49. The van der Waals surface area contributed by atoms with Gasteiger partial charge in [0.25, 0.3) is 5.91 Å². The molecule has 1 amide bonds. The highest BCUT2D eigenvalue weighted by atomic mass is 35.5. The highest BCUT2D eigenvalue weighted by molar-refractivity contribution is 6.30. The molecule has 0 bridgehead atoms. The van der Waals surface area contributed by atoms with Gasteiger partial charge in [-0.1, -0.05) is 23.7 Å². The number of fused-ring (bicyclic) bond motifs is 2. The van der Waals surface area contributed by atoms with Crippen LogP contribution in [0.3, 0.4) is 0 Å². The Hall–Kier alpha value is -2.53. The molecule has 0 spiro atoms. The van der Waals surface area contributed by atoms with E-state index in [1.165, 1.54) is 0 Å². The zero-order chi connectivity index (χ0) is 18.3. The Labute approximate surface area is 157 Å². The van der Waals surface area contributed by atoms with Crippen molar-refractivity contribution in [2.75, 3.05) is 7.05 Å². The first-order valence-electron chi connectivity index (χ1n) is 8.71. The van der Waals surface area contributed by atoms with Gasteiger partial charge in [0.2, 0.25) is 0 Å².